The van der Waals surface area contributed by atoms with Gasteiger partial charge in [0, 0.05) is 31.4 Å². The summed E-state index contributed by atoms with van der Waals surface area (Å²) in [5.41, 5.74) is 1.44. The van der Waals surface area contributed by atoms with E-state index >= 15 is 0 Å². The zero-order valence-electron chi connectivity index (χ0n) is 17.0. The van der Waals surface area contributed by atoms with Gasteiger partial charge in [-0.05, 0) is 57.7 Å². The van der Waals surface area contributed by atoms with Crippen LogP contribution >= 0.6 is 0 Å². The summed E-state index contributed by atoms with van der Waals surface area (Å²) >= 11 is 0. The Hall–Kier alpha value is -2.34. The maximum Gasteiger partial charge on any atom is 0.274 e. The molecule has 28 heavy (non-hydrogen) atoms. The zero-order valence-corrected chi connectivity index (χ0v) is 17.0. The Balaban J connectivity index is 1.39. The fourth-order valence-electron chi connectivity index (χ4n) is 4.56. The maximum absolute atomic E-state index is 12.7. The van der Waals surface area contributed by atoms with E-state index in [1.807, 2.05) is 48.2 Å². The number of ether oxygens (including phenoxy) is 1. The molecule has 0 aliphatic carbocycles. The molecule has 2 aliphatic heterocycles. The summed E-state index contributed by atoms with van der Waals surface area (Å²) in [6.45, 7) is 8.98. The summed E-state index contributed by atoms with van der Waals surface area (Å²) in [7, 11) is 0. The number of para-hydroxylation sites is 1. The van der Waals surface area contributed by atoms with E-state index in [4.69, 9.17) is 4.74 Å². The number of H-pyrrole nitrogens is 1. The lowest BCUT2D eigenvalue weighted by molar-refractivity contribution is -0.0983. The minimum absolute atomic E-state index is 0.0363. The van der Waals surface area contributed by atoms with E-state index in [0.717, 1.165) is 43.9 Å². The largest absolute Gasteiger partial charge is 0.487 e. The third-order valence-electron chi connectivity index (χ3n) is 6.08. The van der Waals surface area contributed by atoms with Crippen LogP contribution in [0.5, 0.6) is 5.75 Å². The zero-order chi connectivity index (χ0) is 19.7. The first-order valence-corrected chi connectivity index (χ1v) is 10.3. The summed E-state index contributed by atoms with van der Waals surface area (Å²) < 4.78 is 6.31. The molecule has 1 aromatic carbocycles. The van der Waals surface area contributed by atoms with Crippen LogP contribution in [-0.2, 0) is 0 Å². The number of nitrogens with zero attached hydrogens (tertiary/aromatic N) is 3. The van der Waals surface area contributed by atoms with Crippen molar-refractivity contribution in [3.8, 4) is 5.75 Å². The number of likely N-dealkylation sites (tertiary alicyclic amines) is 2. The molecule has 4 rings (SSSR count). The molecule has 2 atom stereocenters. The lowest BCUT2D eigenvalue weighted by Gasteiger charge is -2.54. The van der Waals surface area contributed by atoms with Gasteiger partial charge < -0.3 is 9.64 Å². The first kappa shape index (κ1) is 19.0. The van der Waals surface area contributed by atoms with Crippen LogP contribution in [0.4, 0.5) is 0 Å². The van der Waals surface area contributed by atoms with E-state index in [2.05, 4.69) is 28.9 Å². The van der Waals surface area contributed by atoms with Crippen molar-refractivity contribution in [1.29, 1.82) is 0 Å². The van der Waals surface area contributed by atoms with Crippen LogP contribution in [0.1, 0.15) is 42.9 Å². The van der Waals surface area contributed by atoms with E-state index in [9.17, 15) is 4.79 Å². The number of hydrogen-bond donors (Lipinski definition) is 1. The van der Waals surface area contributed by atoms with Crippen LogP contribution in [-0.4, -0.2) is 63.7 Å². The van der Waals surface area contributed by atoms with E-state index in [-0.39, 0.29) is 12.0 Å². The molecule has 2 aliphatic rings. The number of hydrogen-bond acceptors (Lipinski definition) is 4. The summed E-state index contributed by atoms with van der Waals surface area (Å²) in [4.78, 5) is 17.1. The first-order chi connectivity index (χ1) is 13.5. The Bertz CT molecular complexity index is 796. The standard InChI is InChI=1S/C22H30N4O2/c1-15(2)26-14-20(28-18-7-5-4-6-8-18)21(26)17-9-11-25(12-10-17)22(27)19-13-16(3)23-24-19/h4-8,13,15,17,20-21H,9-12,14H2,1-3H3,(H,23,24). The number of amides is 1. The Morgan fingerprint density at radius 3 is 2.54 bits per heavy atom. The fraction of sp³-hybridized carbons (Fsp3) is 0.545. The monoisotopic (exact) mass is 382 g/mol. The normalized spacial score (nSPS) is 23.6. The third-order valence-corrected chi connectivity index (χ3v) is 6.08. The number of benzene rings is 1. The molecule has 2 saturated heterocycles. The SMILES string of the molecule is Cc1cc(C(=O)N2CCC(C3C(Oc4ccccc4)CN3C(C)C)CC2)n[nH]1. The number of carbonyl (C=O) groups excluding carboxylic acids is 1. The van der Waals surface area contributed by atoms with Crippen LogP contribution in [0.25, 0.3) is 0 Å². The molecule has 2 fully saturated rings. The van der Waals surface area contributed by atoms with Crippen molar-refractivity contribution in [1.82, 2.24) is 20.0 Å². The van der Waals surface area contributed by atoms with Gasteiger partial charge in [0.25, 0.3) is 5.91 Å². The van der Waals surface area contributed by atoms with Crippen molar-refractivity contribution in [2.24, 2.45) is 5.92 Å². The van der Waals surface area contributed by atoms with Gasteiger partial charge in [-0.2, -0.15) is 5.10 Å². The molecule has 2 unspecified atom stereocenters. The van der Waals surface area contributed by atoms with Gasteiger partial charge in [0.1, 0.15) is 17.5 Å². The minimum atomic E-state index is 0.0363. The second-order valence-corrected chi connectivity index (χ2v) is 8.32. The van der Waals surface area contributed by atoms with Crippen molar-refractivity contribution in [2.45, 2.75) is 51.8 Å². The Morgan fingerprint density at radius 2 is 1.93 bits per heavy atom. The molecule has 1 aromatic heterocycles. The topological polar surface area (TPSA) is 61.5 Å². The predicted molar refractivity (Wildman–Crippen MR) is 108 cm³/mol. The van der Waals surface area contributed by atoms with Crippen molar-refractivity contribution >= 4 is 5.91 Å². The average Bonchev–Trinajstić information content (AvgIpc) is 3.12. The smallest absolute Gasteiger partial charge is 0.274 e. The van der Waals surface area contributed by atoms with Gasteiger partial charge in [-0.15, -0.1) is 0 Å². The molecule has 0 saturated carbocycles. The quantitative estimate of drug-likeness (QED) is 0.863. The highest BCUT2D eigenvalue weighted by Gasteiger charge is 2.47. The fourth-order valence-corrected chi connectivity index (χ4v) is 4.56. The molecule has 6 nitrogen and oxygen atoms in total. The van der Waals surface area contributed by atoms with Crippen molar-refractivity contribution in [2.75, 3.05) is 19.6 Å². The van der Waals surface area contributed by atoms with Crippen LogP contribution < -0.4 is 4.74 Å². The second-order valence-electron chi connectivity index (χ2n) is 8.32. The third kappa shape index (κ3) is 3.78. The van der Waals surface area contributed by atoms with Crippen LogP contribution in [0.3, 0.4) is 0 Å². The second kappa shape index (κ2) is 7.95. The van der Waals surface area contributed by atoms with Crippen LogP contribution in [0.15, 0.2) is 36.4 Å². The van der Waals surface area contributed by atoms with Crippen LogP contribution in [0.2, 0.25) is 0 Å². The number of nitrogens with one attached hydrogen (secondary N) is 1. The molecule has 0 radical (unpaired) electrons. The Kier molecular flexibility index (Phi) is 5.40. The summed E-state index contributed by atoms with van der Waals surface area (Å²) in [6, 6.07) is 12.9. The number of aromatic amines is 1. The molecule has 0 bridgehead atoms. The molecule has 0 spiro atoms. The number of aromatic nitrogens is 2. The number of rotatable bonds is 5. The van der Waals surface area contributed by atoms with Gasteiger partial charge in [0.2, 0.25) is 0 Å². The predicted octanol–water partition coefficient (Wildman–Crippen LogP) is 3.11. The van der Waals surface area contributed by atoms with Gasteiger partial charge in [-0.25, -0.2) is 0 Å². The lowest BCUT2D eigenvalue weighted by Crippen LogP contribution is -2.68. The minimum Gasteiger partial charge on any atom is -0.487 e. The van der Waals surface area contributed by atoms with Crippen molar-refractivity contribution in [3.05, 3.63) is 47.8 Å². The number of carbonyl (C=O) groups is 1. The molecular weight excluding hydrogens is 352 g/mol. The van der Waals surface area contributed by atoms with Gasteiger partial charge in [-0.3, -0.25) is 14.8 Å². The van der Waals surface area contributed by atoms with Gasteiger partial charge in [-0.1, -0.05) is 18.2 Å². The van der Waals surface area contributed by atoms with Gasteiger partial charge in [0.05, 0.1) is 6.04 Å². The molecule has 3 heterocycles. The van der Waals surface area contributed by atoms with Gasteiger partial charge in [0.15, 0.2) is 0 Å². The highest BCUT2D eigenvalue weighted by molar-refractivity contribution is 5.92. The van der Waals surface area contributed by atoms with E-state index in [1.54, 1.807) is 0 Å². The average molecular weight is 383 g/mol. The van der Waals surface area contributed by atoms with Crippen molar-refractivity contribution < 1.29 is 9.53 Å². The highest BCUT2D eigenvalue weighted by Crippen LogP contribution is 2.36. The van der Waals surface area contributed by atoms with E-state index in [1.165, 1.54) is 0 Å². The first-order valence-electron chi connectivity index (χ1n) is 10.3. The Labute approximate surface area is 166 Å². The summed E-state index contributed by atoms with van der Waals surface area (Å²) in [6.07, 6.45) is 2.25. The maximum atomic E-state index is 12.7. The number of piperidine rings is 1. The molecule has 1 N–H and O–H groups in total. The Morgan fingerprint density at radius 1 is 1.21 bits per heavy atom. The molecule has 150 valence electrons. The molecular formula is C22H30N4O2. The molecule has 6 heteroatoms. The molecule has 2 aromatic rings. The van der Waals surface area contributed by atoms with Gasteiger partial charge >= 0.3 is 0 Å². The van der Waals surface area contributed by atoms with E-state index < -0.39 is 0 Å². The van der Waals surface area contributed by atoms with Crippen molar-refractivity contribution in [3.63, 3.8) is 0 Å². The number of aryl methyl sites for hydroxylation is 1. The molecule has 1 amide bonds. The van der Waals surface area contributed by atoms with Crippen LogP contribution in [0, 0.1) is 12.8 Å². The lowest BCUT2D eigenvalue weighted by atomic mass is 9.79. The summed E-state index contributed by atoms with van der Waals surface area (Å²) in [5, 5.41) is 6.98. The summed E-state index contributed by atoms with van der Waals surface area (Å²) in [5.74, 6) is 1.53. The van der Waals surface area contributed by atoms with E-state index in [0.29, 0.717) is 23.7 Å². The highest BCUT2D eigenvalue weighted by atomic mass is 16.5.